The normalized spacial score (nSPS) is 13.6. The van der Waals surface area contributed by atoms with Crippen LogP contribution in [0.2, 0.25) is 5.02 Å². The first-order valence-electron chi connectivity index (χ1n) is 7.91. The van der Waals surface area contributed by atoms with Gasteiger partial charge in [-0.1, -0.05) is 11.6 Å². The molecular formula is C18H14ClF2NO5. The zero-order valence-corrected chi connectivity index (χ0v) is 14.8. The van der Waals surface area contributed by atoms with Crippen molar-refractivity contribution in [2.24, 2.45) is 0 Å². The van der Waals surface area contributed by atoms with Crippen molar-refractivity contribution in [2.45, 2.75) is 13.0 Å². The van der Waals surface area contributed by atoms with E-state index in [0.29, 0.717) is 30.8 Å². The molecular weight excluding hydrogens is 384 g/mol. The average Bonchev–Trinajstić information content (AvgIpc) is 2.63. The number of esters is 1. The number of benzene rings is 2. The van der Waals surface area contributed by atoms with Crippen molar-refractivity contribution in [2.75, 3.05) is 18.5 Å². The first kappa shape index (κ1) is 18.9. The van der Waals surface area contributed by atoms with Crippen LogP contribution in [-0.4, -0.2) is 31.2 Å². The molecule has 9 heteroatoms. The van der Waals surface area contributed by atoms with Crippen LogP contribution in [0, 0.1) is 11.6 Å². The SMILES string of the molecule is CC(OC(=O)c1cc(Cl)c2c(c1)OCCO2)C(=O)Nc1ccc(F)cc1F. The maximum atomic E-state index is 13.6. The molecule has 0 saturated carbocycles. The van der Waals surface area contributed by atoms with Crippen molar-refractivity contribution in [3.8, 4) is 11.5 Å². The Hall–Kier alpha value is -2.87. The molecule has 1 aliphatic rings. The van der Waals surface area contributed by atoms with Crippen LogP contribution < -0.4 is 14.8 Å². The lowest BCUT2D eigenvalue weighted by molar-refractivity contribution is -0.123. The fraction of sp³-hybridized carbons (Fsp3) is 0.222. The number of hydrogen-bond acceptors (Lipinski definition) is 5. The summed E-state index contributed by atoms with van der Waals surface area (Å²) in [6, 6.07) is 5.42. The Morgan fingerprint density at radius 3 is 2.67 bits per heavy atom. The predicted molar refractivity (Wildman–Crippen MR) is 92.3 cm³/mol. The topological polar surface area (TPSA) is 73.9 Å². The predicted octanol–water partition coefficient (Wildman–Crippen LogP) is 3.57. The highest BCUT2D eigenvalue weighted by atomic mass is 35.5. The van der Waals surface area contributed by atoms with Gasteiger partial charge in [-0.05, 0) is 31.2 Å². The van der Waals surface area contributed by atoms with Gasteiger partial charge < -0.3 is 19.5 Å². The van der Waals surface area contributed by atoms with Crippen molar-refractivity contribution in [1.82, 2.24) is 0 Å². The highest BCUT2D eigenvalue weighted by Gasteiger charge is 2.23. The highest BCUT2D eigenvalue weighted by molar-refractivity contribution is 6.32. The summed E-state index contributed by atoms with van der Waals surface area (Å²) >= 11 is 6.06. The molecule has 2 aromatic rings. The minimum atomic E-state index is -1.24. The molecule has 1 atom stereocenters. The third-order valence-electron chi connectivity index (χ3n) is 3.67. The van der Waals surface area contributed by atoms with Gasteiger partial charge in [-0.2, -0.15) is 0 Å². The third kappa shape index (κ3) is 4.28. The molecule has 0 bridgehead atoms. The quantitative estimate of drug-likeness (QED) is 0.798. The molecule has 27 heavy (non-hydrogen) atoms. The second kappa shape index (κ2) is 7.79. The number of fused-ring (bicyclic) bond motifs is 1. The molecule has 1 amide bonds. The number of halogens is 3. The Bertz CT molecular complexity index is 906. The van der Waals surface area contributed by atoms with Crippen molar-refractivity contribution in [3.63, 3.8) is 0 Å². The molecule has 1 N–H and O–H groups in total. The van der Waals surface area contributed by atoms with Gasteiger partial charge in [0.2, 0.25) is 0 Å². The Balaban J connectivity index is 1.68. The van der Waals surface area contributed by atoms with Gasteiger partial charge in [0.25, 0.3) is 5.91 Å². The summed E-state index contributed by atoms with van der Waals surface area (Å²) in [5.41, 5.74) is -0.163. The van der Waals surface area contributed by atoms with Crippen LogP contribution in [0.25, 0.3) is 0 Å². The van der Waals surface area contributed by atoms with E-state index in [1.165, 1.54) is 19.1 Å². The van der Waals surface area contributed by atoms with E-state index in [1.54, 1.807) is 0 Å². The number of carbonyl (C=O) groups is 2. The largest absolute Gasteiger partial charge is 0.486 e. The van der Waals surface area contributed by atoms with Crippen molar-refractivity contribution in [1.29, 1.82) is 0 Å². The maximum Gasteiger partial charge on any atom is 0.339 e. The smallest absolute Gasteiger partial charge is 0.339 e. The van der Waals surface area contributed by atoms with E-state index >= 15 is 0 Å². The number of anilines is 1. The van der Waals surface area contributed by atoms with Gasteiger partial charge in [-0.25, -0.2) is 13.6 Å². The van der Waals surface area contributed by atoms with E-state index in [2.05, 4.69) is 5.32 Å². The number of carbonyl (C=O) groups excluding carboxylic acids is 2. The van der Waals surface area contributed by atoms with E-state index in [-0.39, 0.29) is 16.3 Å². The van der Waals surface area contributed by atoms with Crippen LogP contribution in [0.5, 0.6) is 11.5 Å². The Kier molecular flexibility index (Phi) is 5.46. The molecule has 0 aromatic heterocycles. The van der Waals surface area contributed by atoms with Gasteiger partial charge in [0, 0.05) is 6.07 Å². The molecule has 0 saturated heterocycles. The Labute approximate surface area is 158 Å². The van der Waals surface area contributed by atoms with E-state index < -0.39 is 29.6 Å². The van der Waals surface area contributed by atoms with Crippen molar-refractivity contribution >= 4 is 29.2 Å². The Morgan fingerprint density at radius 1 is 1.19 bits per heavy atom. The van der Waals surface area contributed by atoms with Crippen LogP contribution in [0.4, 0.5) is 14.5 Å². The number of amides is 1. The van der Waals surface area contributed by atoms with E-state index in [0.717, 1.165) is 12.1 Å². The summed E-state index contributed by atoms with van der Waals surface area (Å²) in [6.45, 7) is 1.96. The lowest BCUT2D eigenvalue weighted by Crippen LogP contribution is -2.30. The van der Waals surface area contributed by atoms with Crippen molar-refractivity contribution < 1.29 is 32.6 Å². The van der Waals surface area contributed by atoms with Gasteiger partial charge in [-0.15, -0.1) is 0 Å². The zero-order chi connectivity index (χ0) is 19.6. The molecule has 3 rings (SSSR count). The number of nitrogens with one attached hydrogen (secondary N) is 1. The van der Waals surface area contributed by atoms with Gasteiger partial charge >= 0.3 is 5.97 Å². The standard InChI is InChI=1S/C18H14ClF2NO5/c1-9(17(23)22-14-3-2-11(20)8-13(14)21)27-18(24)10-6-12(19)16-15(7-10)25-4-5-26-16/h2-3,6-9H,4-5H2,1H3,(H,22,23). The number of ether oxygens (including phenoxy) is 3. The molecule has 6 nitrogen and oxygen atoms in total. The summed E-state index contributed by atoms with van der Waals surface area (Å²) in [7, 11) is 0. The monoisotopic (exact) mass is 397 g/mol. The first-order valence-corrected chi connectivity index (χ1v) is 8.29. The highest BCUT2D eigenvalue weighted by Crippen LogP contribution is 2.38. The van der Waals surface area contributed by atoms with Gasteiger partial charge in [0.15, 0.2) is 17.6 Å². The fourth-order valence-electron chi connectivity index (χ4n) is 2.34. The Morgan fingerprint density at radius 2 is 1.93 bits per heavy atom. The summed E-state index contributed by atoms with van der Waals surface area (Å²) in [4.78, 5) is 24.4. The molecule has 0 radical (unpaired) electrons. The molecule has 2 aromatic carbocycles. The summed E-state index contributed by atoms with van der Waals surface area (Å²) in [6.07, 6.45) is -1.24. The molecule has 1 unspecified atom stereocenters. The fourth-order valence-corrected chi connectivity index (χ4v) is 2.60. The van der Waals surface area contributed by atoms with Gasteiger partial charge in [-0.3, -0.25) is 4.79 Å². The summed E-state index contributed by atoms with van der Waals surface area (Å²) in [5.74, 6) is -2.70. The molecule has 0 fully saturated rings. The second-order valence-corrected chi connectivity index (χ2v) is 6.05. The molecule has 1 aliphatic heterocycles. The lowest BCUT2D eigenvalue weighted by Gasteiger charge is -2.20. The maximum absolute atomic E-state index is 13.6. The van der Waals surface area contributed by atoms with E-state index in [4.69, 9.17) is 25.8 Å². The average molecular weight is 398 g/mol. The van der Waals surface area contributed by atoms with Gasteiger partial charge in [0.05, 0.1) is 16.3 Å². The summed E-state index contributed by atoms with van der Waals surface area (Å²) < 4.78 is 42.3. The molecule has 1 heterocycles. The van der Waals surface area contributed by atoms with Crippen LogP contribution >= 0.6 is 11.6 Å². The minimum Gasteiger partial charge on any atom is -0.486 e. The lowest BCUT2D eigenvalue weighted by atomic mass is 10.2. The molecule has 0 spiro atoms. The third-order valence-corrected chi connectivity index (χ3v) is 3.96. The van der Waals surface area contributed by atoms with Gasteiger partial charge in [0.1, 0.15) is 24.8 Å². The zero-order valence-electron chi connectivity index (χ0n) is 14.1. The number of rotatable bonds is 4. The molecule has 0 aliphatic carbocycles. The van der Waals surface area contributed by atoms with Crippen LogP contribution in [0.15, 0.2) is 30.3 Å². The van der Waals surface area contributed by atoms with Crippen LogP contribution in [-0.2, 0) is 9.53 Å². The second-order valence-electron chi connectivity index (χ2n) is 5.64. The van der Waals surface area contributed by atoms with Crippen molar-refractivity contribution in [3.05, 3.63) is 52.6 Å². The number of hydrogen-bond donors (Lipinski definition) is 1. The minimum absolute atomic E-state index is 0.0665. The van der Waals surface area contributed by atoms with Crippen LogP contribution in [0.3, 0.4) is 0 Å². The summed E-state index contributed by atoms with van der Waals surface area (Å²) in [5, 5.41) is 2.40. The van der Waals surface area contributed by atoms with E-state index in [1.807, 2.05) is 0 Å². The van der Waals surface area contributed by atoms with Crippen LogP contribution in [0.1, 0.15) is 17.3 Å². The molecule has 142 valence electrons. The van der Waals surface area contributed by atoms with E-state index in [9.17, 15) is 18.4 Å². The first-order chi connectivity index (χ1) is 12.8.